The molecule has 1 rings (SSSR count). The standard InChI is InChI=1S/C14H18N2O4/c1-3-9-16(10-13(17)18)14(19)15-11-7-5-6-8-12(11)20-4-2/h3,5-8H,1,4,9-10H2,2H3,(H,15,19)(H,17,18). The molecular formula is C14H18N2O4. The second-order valence-corrected chi connectivity index (χ2v) is 3.92. The Kier molecular flexibility index (Phi) is 6.09. The van der Waals surface area contributed by atoms with Gasteiger partial charge in [0.25, 0.3) is 0 Å². The van der Waals surface area contributed by atoms with E-state index in [1.807, 2.05) is 6.92 Å². The number of rotatable bonds is 7. The van der Waals surface area contributed by atoms with Crippen LogP contribution in [0.3, 0.4) is 0 Å². The lowest BCUT2D eigenvalue weighted by atomic mass is 10.3. The van der Waals surface area contributed by atoms with Gasteiger partial charge in [-0.3, -0.25) is 4.79 Å². The molecule has 0 aliphatic carbocycles. The van der Waals surface area contributed by atoms with Crippen molar-refractivity contribution in [3.05, 3.63) is 36.9 Å². The van der Waals surface area contributed by atoms with E-state index in [1.54, 1.807) is 24.3 Å². The highest BCUT2D eigenvalue weighted by Crippen LogP contribution is 2.23. The van der Waals surface area contributed by atoms with Gasteiger partial charge in [0.2, 0.25) is 0 Å². The number of anilines is 1. The highest BCUT2D eigenvalue weighted by atomic mass is 16.5. The molecular weight excluding hydrogens is 260 g/mol. The van der Waals surface area contributed by atoms with Crippen molar-refractivity contribution < 1.29 is 19.4 Å². The summed E-state index contributed by atoms with van der Waals surface area (Å²) in [4.78, 5) is 23.9. The van der Waals surface area contributed by atoms with Crippen LogP contribution in [0, 0.1) is 0 Å². The molecule has 2 N–H and O–H groups in total. The van der Waals surface area contributed by atoms with Crippen LogP contribution < -0.4 is 10.1 Å². The lowest BCUT2D eigenvalue weighted by Crippen LogP contribution is -2.38. The average Bonchev–Trinajstić information content (AvgIpc) is 2.40. The maximum atomic E-state index is 12.0. The van der Waals surface area contributed by atoms with Crippen LogP contribution in [0.2, 0.25) is 0 Å². The van der Waals surface area contributed by atoms with Gasteiger partial charge in [0.15, 0.2) is 0 Å². The number of nitrogens with zero attached hydrogens (tertiary/aromatic N) is 1. The van der Waals surface area contributed by atoms with E-state index in [0.717, 1.165) is 4.90 Å². The zero-order valence-corrected chi connectivity index (χ0v) is 11.3. The summed E-state index contributed by atoms with van der Waals surface area (Å²) in [6.45, 7) is 5.57. The third-order valence-corrected chi connectivity index (χ3v) is 2.39. The number of carbonyl (C=O) groups is 2. The number of urea groups is 1. The number of carbonyl (C=O) groups excluding carboxylic acids is 1. The number of para-hydroxylation sites is 2. The highest BCUT2D eigenvalue weighted by molar-refractivity contribution is 5.92. The number of hydrogen-bond acceptors (Lipinski definition) is 3. The van der Waals surface area contributed by atoms with Gasteiger partial charge in [-0.2, -0.15) is 0 Å². The molecule has 0 aliphatic rings. The lowest BCUT2D eigenvalue weighted by Gasteiger charge is -2.20. The first-order valence-corrected chi connectivity index (χ1v) is 6.19. The number of carboxylic acids is 1. The number of ether oxygens (including phenoxy) is 1. The molecule has 20 heavy (non-hydrogen) atoms. The van der Waals surface area contributed by atoms with Gasteiger partial charge in [0.05, 0.1) is 12.3 Å². The van der Waals surface area contributed by atoms with Crippen LogP contribution in [0.5, 0.6) is 5.75 Å². The predicted molar refractivity (Wildman–Crippen MR) is 76.0 cm³/mol. The topological polar surface area (TPSA) is 78.9 Å². The van der Waals surface area contributed by atoms with Crippen LogP contribution in [0.1, 0.15) is 6.92 Å². The largest absolute Gasteiger partial charge is 0.492 e. The van der Waals surface area contributed by atoms with E-state index in [-0.39, 0.29) is 6.54 Å². The normalized spacial score (nSPS) is 9.65. The Morgan fingerprint density at radius 3 is 2.75 bits per heavy atom. The third kappa shape index (κ3) is 4.64. The molecule has 0 atom stereocenters. The first-order chi connectivity index (χ1) is 9.58. The van der Waals surface area contributed by atoms with Gasteiger partial charge in [-0.25, -0.2) is 4.79 Å². The molecule has 0 aliphatic heterocycles. The van der Waals surface area contributed by atoms with Crippen molar-refractivity contribution in [3.8, 4) is 5.75 Å². The molecule has 108 valence electrons. The number of carboxylic acid groups (broad SMARTS) is 1. The molecule has 0 spiro atoms. The maximum Gasteiger partial charge on any atom is 0.323 e. The van der Waals surface area contributed by atoms with Crippen LogP contribution >= 0.6 is 0 Å². The van der Waals surface area contributed by atoms with E-state index >= 15 is 0 Å². The Bertz CT molecular complexity index is 488. The van der Waals surface area contributed by atoms with Gasteiger partial charge in [-0.15, -0.1) is 6.58 Å². The van der Waals surface area contributed by atoms with E-state index in [0.29, 0.717) is 18.0 Å². The smallest absolute Gasteiger partial charge is 0.323 e. The summed E-state index contributed by atoms with van der Waals surface area (Å²) in [6, 6.07) is 6.45. The quantitative estimate of drug-likeness (QED) is 0.749. The van der Waals surface area contributed by atoms with Gasteiger partial charge < -0.3 is 20.1 Å². The highest BCUT2D eigenvalue weighted by Gasteiger charge is 2.16. The van der Waals surface area contributed by atoms with Crippen molar-refractivity contribution in [2.75, 3.05) is 25.0 Å². The molecule has 0 bridgehead atoms. The van der Waals surface area contributed by atoms with Crippen molar-refractivity contribution in [1.82, 2.24) is 4.90 Å². The maximum absolute atomic E-state index is 12.0. The van der Waals surface area contributed by atoms with Crippen molar-refractivity contribution in [2.24, 2.45) is 0 Å². The summed E-state index contributed by atoms with van der Waals surface area (Å²) in [7, 11) is 0. The molecule has 6 heteroatoms. The zero-order chi connectivity index (χ0) is 15.0. The number of hydrogen-bond donors (Lipinski definition) is 2. The van der Waals surface area contributed by atoms with Gasteiger partial charge >= 0.3 is 12.0 Å². The van der Waals surface area contributed by atoms with Crippen LogP contribution in [0.4, 0.5) is 10.5 Å². The molecule has 0 unspecified atom stereocenters. The SMILES string of the molecule is C=CCN(CC(=O)O)C(=O)Nc1ccccc1OCC. The number of amides is 2. The van der Waals surface area contributed by atoms with Crippen LogP contribution in [-0.2, 0) is 4.79 Å². The Hall–Kier alpha value is -2.50. The van der Waals surface area contributed by atoms with Crippen molar-refractivity contribution in [3.63, 3.8) is 0 Å². The van der Waals surface area contributed by atoms with E-state index in [1.165, 1.54) is 6.08 Å². The Balaban J connectivity index is 2.81. The van der Waals surface area contributed by atoms with Gasteiger partial charge in [-0.05, 0) is 19.1 Å². The molecule has 1 aromatic carbocycles. The fourth-order valence-corrected chi connectivity index (χ4v) is 1.58. The Morgan fingerprint density at radius 1 is 1.45 bits per heavy atom. The fourth-order valence-electron chi connectivity index (χ4n) is 1.58. The summed E-state index contributed by atoms with van der Waals surface area (Å²) < 4.78 is 5.39. The minimum Gasteiger partial charge on any atom is -0.492 e. The van der Waals surface area contributed by atoms with E-state index in [9.17, 15) is 9.59 Å². The van der Waals surface area contributed by atoms with Gasteiger partial charge in [0.1, 0.15) is 12.3 Å². The van der Waals surface area contributed by atoms with E-state index < -0.39 is 18.5 Å². The van der Waals surface area contributed by atoms with Crippen LogP contribution in [-0.4, -0.2) is 41.7 Å². The molecule has 0 aromatic heterocycles. The molecule has 2 amide bonds. The lowest BCUT2D eigenvalue weighted by molar-refractivity contribution is -0.137. The fraction of sp³-hybridized carbons (Fsp3) is 0.286. The van der Waals surface area contributed by atoms with Crippen molar-refractivity contribution >= 4 is 17.7 Å². The van der Waals surface area contributed by atoms with E-state index in [2.05, 4.69) is 11.9 Å². The summed E-state index contributed by atoms with van der Waals surface area (Å²) >= 11 is 0. The summed E-state index contributed by atoms with van der Waals surface area (Å²) in [5.41, 5.74) is 0.499. The number of aliphatic carboxylic acids is 1. The van der Waals surface area contributed by atoms with Crippen molar-refractivity contribution in [1.29, 1.82) is 0 Å². The van der Waals surface area contributed by atoms with E-state index in [4.69, 9.17) is 9.84 Å². The van der Waals surface area contributed by atoms with Crippen molar-refractivity contribution in [2.45, 2.75) is 6.92 Å². The summed E-state index contributed by atoms with van der Waals surface area (Å²) in [5, 5.41) is 11.4. The average molecular weight is 278 g/mol. The molecule has 0 fully saturated rings. The monoisotopic (exact) mass is 278 g/mol. The first-order valence-electron chi connectivity index (χ1n) is 6.19. The molecule has 0 heterocycles. The van der Waals surface area contributed by atoms with Crippen LogP contribution in [0.15, 0.2) is 36.9 Å². The Labute approximate surface area is 117 Å². The zero-order valence-electron chi connectivity index (χ0n) is 11.3. The molecule has 6 nitrogen and oxygen atoms in total. The van der Waals surface area contributed by atoms with Gasteiger partial charge in [0, 0.05) is 6.54 Å². The number of benzene rings is 1. The summed E-state index contributed by atoms with van der Waals surface area (Å²) in [5.74, 6) is -0.544. The molecule has 0 radical (unpaired) electrons. The first kappa shape index (κ1) is 15.6. The number of nitrogens with one attached hydrogen (secondary N) is 1. The second kappa shape index (κ2) is 7.83. The Morgan fingerprint density at radius 2 is 2.15 bits per heavy atom. The predicted octanol–water partition coefficient (Wildman–Crippen LogP) is 2.19. The van der Waals surface area contributed by atoms with Crippen LogP contribution in [0.25, 0.3) is 0 Å². The molecule has 0 saturated carbocycles. The molecule has 1 aromatic rings. The minimum absolute atomic E-state index is 0.148. The van der Waals surface area contributed by atoms with Gasteiger partial charge in [-0.1, -0.05) is 18.2 Å². The minimum atomic E-state index is -1.08. The summed E-state index contributed by atoms with van der Waals surface area (Å²) in [6.07, 6.45) is 1.47. The second-order valence-electron chi connectivity index (χ2n) is 3.92. The third-order valence-electron chi connectivity index (χ3n) is 2.39. The molecule has 0 saturated heterocycles.